The van der Waals surface area contributed by atoms with Gasteiger partial charge in [-0.3, -0.25) is 14.3 Å². The lowest BCUT2D eigenvalue weighted by Gasteiger charge is -2.42. The van der Waals surface area contributed by atoms with E-state index in [2.05, 4.69) is 20.5 Å². The number of fused-ring (bicyclic) bond motifs is 1. The Hall–Kier alpha value is -3.56. The zero-order chi connectivity index (χ0) is 35.9. The molecule has 1 aliphatic carbocycles. The highest BCUT2D eigenvalue weighted by molar-refractivity contribution is 7.89. The predicted octanol–water partition coefficient (Wildman–Crippen LogP) is 6.27. The Labute approximate surface area is 307 Å². The molecule has 272 valence electrons. The number of nitrogens with two attached hydrogens (primary N) is 1. The Bertz CT molecular complexity index is 2000. The molecule has 2 atom stereocenters. The van der Waals surface area contributed by atoms with Crippen LogP contribution in [0.5, 0.6) is 0 Å². The lowest BCUT2D eigenvalue weighted by molar-refractivity contribution is -0.122. The highest BCUT2D eigenvalue weighted by atomic mass is 35.5. The number of amides is 1. The Kier molecular flexibility index (Phi) is 10.4. The summed E-state index contributed by atoms with van der Waals surface area (Å²) in [6.45, 7) is 4.55. The van der Waals surface area contributed by atoms with Crippen molar-refractivity contribution in [2.45, 2.75) is 81.3 Å². The fraction of sp³-hybridized carbons (Fsp3) is 0.486. The van der Waals surface area contributed by atoms with Gasteiger partial charge in [-0.25, -0.2) is 22.8 Å². The van der Waals surface area contributed by atoms with Gasteiger partial charge in [0.25, 0.3) is 0 Å². The third-order valence-electron chi connectivity index (χ3n) is 10.5. The molecule has 0 spiro atoms. The third-order valence-corrected chi connectivity index (χ3v) is 12.9. The molecule has 7 rings (SSSR count). The number of aryl methyl sites for hydroxylation is 1. The number of rotatable bonds is 9. The van der Waals surface area contributed by atoms with Crippen LogP contribution in [0.2, 0.25) is 10.0 Å². The van der Waals surface area contributed by atoms with Gasteiger partial charge in [0.15, 0.2) is 5.65 Å². The van der Waals surface area contributed by atoms with Crippen LogP contribution in [0.15, 0.2) is 47.5 Å². The maximum Gasteiger partial charge on any atom is 0.243 e. The number of hydrogen-bond donors (Lipinski definition) is 3. The van der Waals surface area contributed by atoms with Gasteiger partial charge >= 0.3 is 0 Å². The third kappa shape index (κ3) is 7.66. The van der Waals surface area contributed by atoms with Crippen molar-refractivity contribution in [2.75, 3.05) is 36.8 Å². The number of aromatic nitrogens is 4. The monoisotopic (exact) mass is 757 g/mol. The van der Waals surface area contributed by atoms with E-state index in [1.807, 2.05) is 23.6 Å². The van der Waals surface area contributed by atoms with Crippen molar-refractivity contribution < 1.29 is 17.6 Å². The van der Waals surface area contributed by atoms with Gasteiger partial charge in [0, 0.05) is 43.7 Å². The fourth-order valence-corrected chi connectivity index (χ4v) is 9.79. The Morgan fingerprint density at radius 1 is 0.941 bits per heavy atom. The number of piperidine rings is 2. The van der Waals surface area contributed by atoms with Gasteiger partial charge in [0.2, 0.25) is 27.8 Å². The molecule has 0 radical (unpaired) electrons. The number of nitrogens with one attached hydrogen (secondary N) is 2. The van der Waals surface area contributed by atoms with E-state index in [4.69, 9.17) is 38.9 Å². The van der Waals surface area contributed by atoms with Gasteiger partial charge in [-0.15, -0.1) is 0 Å². The molecule has 4 aromatic rings. The number of halogens is 3. The summed E-state index contributed by atoms with van der Waals surface area (Å²) < 4.78 is 44.6. The van der Waals surface area contributed by atoms with Gasteiger partial charge in [-0.2, -0.15) is 9.29 Å². The number of likely N-dealkylation sites (tertiary alicyclic amines) is 1. The van der Waals surface area contributed by atoms with Crippen molar-refractivity contribution in [2.24, 2.45) is 11.7 Å². The number of benzene rings is 2. The van der Waals surface area contributed by atoms with Crippen molar-refractivity contribution >= 4 is 67.9 Å². The molecule has 3 aliphatic rings. The van der Waals surface area contributed by atoms with E-state index in [1.54, 1.807) is 22.6 Å². The quantitative estimate of drug-likeness (QED) is 0.180. The normalized spacial score (nSPS) is 23.7. The zero-order valence-corrected chi connectivity index (χ0v) is 30.7. The summed E-state index contributed by atoms with van der Waals surface area (Å²) in [6.07, 6.45) is 7.92. The number of carbonyl (C=O) groups is 1. The molecule has 0 bridgehead atoms. The number of nitrogens with zero attached hydrogens (tertiary/aromatic N) is 6. The molecule has 4 heterocycles. The van der Waals surface area contributed by atoms with Crippen molar-refractivity contribution in [3.05, 3.63) is 64.0 Å². The largest absolute Gasteiger partial charge is 0.369 e. The van der Waals surface area contributed by atoms with Crippen LogP contribution < -0.4 is 16.4 Å². The van der Waals surface area contributed by atoms with Crippen LogP contribution in [-0.2, 0) is 14.8 Å². The maximum atomic E-state index is 14.0. The van der Waals surface area contributed by atoms with Crippen molar-refractivity contribution in [1.82, 2.24) is 28.7 Å². The predicted molar refractivity (Wildman–Crippen MR) is 196 cm³/mol. The van der Waals surface area contributed by atoms with Gasteiger partial charge in [-0.1, -0.05) is 40.9 Å². The minimum absolute atomic E-state index is 0.0514. The summed E-state index contributed by atoms with van der Waals surface area (Å²) in [5.74, 6) is -0.145. The molecule has 1 amide bonds. The molecule has 0 unspecified atom stereocenters. The molecule has 16 heteroatoms. The van der Waals surface area contributed by atoms with Crippen LogP contribution in [0.3, 0.4) is 0 Å². The van der Waals surface area contributed by atoms with E-state index in [0.29, 0.717) is 72.4 Å². The number of imidazole rings is 1. The van der Waals surface area contributed by atoms with Crippen molar-refractivity contribution in [1.29, 1.82) is 0 Å². The molecule has 4 N–H and O–H groups in total. The van der Waals surface area contributed by atoms with Crippen molar-refractivity contribution in [3.63, 3.8) is 0 Å². The Balaban J connectivity index is 1.11. The number of carbonyl (C=O) groups excluding carboxylic acids is 1. The summed E-state index contributed by atoms with van der Waals surface area (Å²) in [5.41, 5.74) is 8.13. The fourth-order valence-electron chi connectivity index (χ4n) is 7.72. The highest BCUT2D eigenvalue weighted by Crippen LogP contribution is 2.39. The summed E-state index contributed by atoms with van der Waals surface area (Å²) in [5, 5.41) is 6.99. The molecule has 2 aliphatic heterocycles. The molecule has 12 nitrogen and oxygen atoms in total. The standard InChI is InChI=1S/C35H42Cl2FN9O3S/c1-21-6-12-27(13-7-21)51(49,50)46-15-3-5-26(20-46)45-14-2-4-24(19-45)41-34-40-18-30-33(44-34)47(25-10-8-22(9-11-25)32(39)48)35(42-30)43-31-28(36)16-23(38)17-29(31)37/h6-7,12-13,16-18,22,24-26H,2-5,8-11,14-15,19-20H2,1H3,(H2,39,48)(H,42,43)(H,40,41,44)/t22?,24-,25?,26-/m1/s1. The first kappa shape index (κ1) is 35.8. The number of anilines is 3. The average Bonchev–Trinajstić information content (AvgIpc) is 3.47. The summed E-state index contributed by atoms with van der Waals surface area (Å²) in [7, 11) is -3.58. The maximum absolute atomic E-state index is 14.0. The summed E-state index contributed by atoms with van der Waals surface area (Å²) >= 11 is 12.8. The van der Waals surface area contributed by atoms with Crippen LogP contribution in [0, 0.1) is 18.7 Å². The van der Waals surface area contributed by atoms with Crippen LogP contribution in [0.1, 0.15) is 63.0 Å². The number of sulfonamides is 1. The number of primary amides is 1. The molecule has 1 saturated carbocycles. The SMILES string of the molecule is Cc1ccc(S(=O)(=O)N2CCC[C@@H](N3CCC[C@@H](Nc4ncc5nc(Nc6c(Cl)cc(F)cc6Cl)n(C6CCC(C(N)=O)CC6)c5n4)C3)C2)cc1. The van der Waals surface area contributed by atoms with E-state index in [0.717, 1.165) is 44.3 Å². The lowest BCUT2D eigenvalue weighted by atomic mass is 9.85. The first-order chi connectivity index (χ1) is 24.5. The van der Waals surface area contributed by atoms with Gasteiger partial charge < -0.3 is 16.4 Å². The molecule has 2 aromatic heterocycles. The van der Waals surface area contributed by atoms with Crippen molar-refractivity contribution in [3.8, 4) is 0 Å². The van der Waals surface area contributed by atoms with Gasteiger partial charge in [-0.05, 0) is 89.1 Å². The smallest absolute Gasteiger partial charge is 0.243 e. The minimum atomic E-state index is -3.58. The van der Waals surface area contributed by atoms with Crippen LogP contribution in [0.25, 0.3) is 11.2 Å². The first-order valence-corrected chi connectivity index (χ1v) is 19.7. The second-order valence-electron chi connectivity index (χ2n) is 13.9. The first-order valence-electron chi connectivity index (χ1n) is 17.5. The van der Waals surface area contributed by atoms with E-state index >= 15 is 0 Å². The second-order valence-corrected chi connectivity index (χ2v) is 16.7. The minimum Gasteiger partial charge on any atom is -0.369 e. The highest BCUT2D eigenvalue weighted by Gasteiger charge is 2.35. The van der Waals surface area contributed by atoms with Crippen LogP contribution in [0.4, 0.5) is 22.0 Å². The lowest BCUT2D eigenvalue weighted by Crippen LogP contribution is -2.54. The van der Waals surface area contributed by atoms with E-state index < -0.39 is 15.8 Å². The van der Waals surface area contributed by atoms with Gasteiger partial charge in [0.05, 0.1) is 26.8 Å². The van der Waals surface area contributed by atoms with E-state index in [9.17, 15) is 17.6 Å². The topological polar surface area (TPSA) is 151 Å². The van der Waals surface area contributed by atoms with E-state index in [1.165, 1.54) is 12.1 Å². The van der Waals surface area contributed by atoms with Crippen LogP contribution in [-0.4, -0.2) is 81.3 Å². The molecular weight excluding hydrogens is 716 g/mol. The second kappa shape index (κ2) is 14.8. The van der Waals surface area contributed by atoms with Crippen LogP contribution >= 0.6 is 23.2 Å². The van der Waals surface area contributed by atoms with E-state index in [-0.39, 0.29) is 40.0 Å². The summed E-state index contributed by atoms with van der Waals surface area (Å²) in [6, 6.07) is 9.54. The average molecular weight is 759 g/mol. The molecular formula is C35H42Cl2FN9O3S. The Morgan fingerprint density at radius 3 is 2.35 bits per heavy atom. The molecule has 51 heavy (non-hydrogen) atoms. The number of hydrogen-bond acceptors (Lipinski definition) is 9. The van der Waals surface area contributed by atoms with Gasteiger partial charge in [0.1, 0.15) is 11.3 Å². The molecule has 2 saturated heterocycles. The zero-order valence-electron chi connectivity index (χ0n) is 28.4. The summed E-state index contributed by atoms with van der Waals surface area (Å²) in [4.78, 5) is 29.0. The molecule has 2 aromatic carbocycles. The molecule has 3 fully saturated rings. The Morgan fingerprint density at radius 2 is 1.65 bits per heavy atom.